The summed E-state index contributed by atoms with van der Waals surface area (Å²) in [6.07, 6.45) is 2.94. The first-order chi connectivity index (χ1) is 9.76. The molecule has 0 radical (unpaired) electrons. The first kappa shape index (κ1) is 14.7. The maximum Gasteiger partial charge on any atom is 0.103 e. The molecule has 1 aromatic heterocycles. The van der Waals surface area contributed by atoms with Gasteiger partial charge in [0.05, 0.1) is 17.4 Å². The highest BCUT2D eigenvalue weighted by Gasteiger charge is 2.19. The van der Waals surface area contributed by atoms with Crippen molar-refractivity contribution < 1.29 is 0 Å². The van der Waals surface area contributed by atoms with Crippen LogP contribution in [0.25, 0.3) is 5.69 Å². The molecule has 1 heterocycles. The Morgan fingerprint density at radius 3 is 2.50 bits per heavy atom. The van der Waals surface area contributed by atoms with Crippen LogP contribution >= 0.6 is 0 Å². The molecule has 0 aliphatic rings. The predicted molar refractivity (Wildman–Crippen MR) is 82.2 cm³/mol. The lowest BCUT2D eigenvalue weighted by atomic mass is 10.1. The second-order valence-corrected chi connectivity index (χ2v) is 4.92. The van der Waals surface area contributed by atoms with Crippen molar-refractivity contribution in [1.82, 2.24) is 20.3 Å². The number of rotatable bonds is 6. The summed E-state index contributed by atoms with van der Waals surface area (Å²) in [5.41, 5.74) is 4.73. The van der Waals surface area contributed by atoms with Gasteiger partial charge in [-0.25, -0.2) is 4.68 Å². The van der Waals surface area contributed by atoms with Crippen molar-refractivity contribution in [2.75, 3.05) is 7.05 Å². The molecule has 1 N–H and O–H groups in total. The van der Waals surface area contributed by atoms with Crippen LogP contribution in [-0.2, 0) is 12.8 Å². The van der Waals surface area contributed by atoms with Gasteiger partial charge in [-0.2, -0.15) is 0 Å². The number of nitrogens with zero attached hydrogens (tertiary/aromatic N) is 3. The maximum atomic E-state index is 4.43. The molecule has 0 bridgehead atoms. The van der Waals surface area contributed by atoms with Gasteiger partial charge in [-0.15, -0.1) is 5.10 Å². The van der Waals surface area contributed by atoms with Crippen LogP contribution < -0.4 is 5.32 Å². The predicted octanol–water partition coefficient (Wildman–Crippen LogP) is 3.06. The van der Waals surface area contributed by atoms with E-state index in [0.29, 0.717) is 0 Å². The number of benzene rings is 1. The largest absolute Gasteiger partial charge is 0.312 e. The zero-order chi connectivity index (χ0) is 14.5. The van der Waals surface area contributed by atoms with Crippen LogP contribution in [0.4, 0.5) is 0 Å². The molecule has 4 heteroatoms. The number of aryl methyl sites for hydroxylation is 1. The van der Waals surface area contributed by atoms with Crippen molar-refractivity contribution >= 4 is 0 Å². The van der Waals surface area contributed by atoms with E-state index in [2.05, 4.69) is 60.7 Å². The molecule has 1 unspecified atom stereocenters. The molecule has 0 aliphatic carbocycles. The van der Waals surface area contributed by atoms with Crippen LogP contribution in [0.3, 0.4) is 0 Å². The minimum absolute atomic E-state index is 0.271. The van der Waals surface area contributed by atoms with E-state index in [1.165, 1.54) is 11.3 Å². The van der Waals surface area contributed by atoms with Crippen molar-refractivity contribution in [2.45, 2.75) is 46.1 Å². The summed E-state index contributed by atoms with van der Waals surface area (Å²) in [5.74, 6) is 0. The van der Waals surface area contributed by atoms with Gasteiger partial charge >= 0.3 is 0 Å². The average Bonchev–Trinajstić information content (AvgIpc) is 2.92. The fourth-order valence-corrected chi connectivity index (χ4v) is 2.66. The van der Waals surface area contributed by atoms with Crippen molar-refractivity contribution in [1.29, 1.82) is 0 Å². The Hall–Kier alpha value is -1.68. The summed E-state index contributed by atoms with van der Waals surface area (Å²) in [6.45, 7) is 6.50. The van der Waals surface area contributed by atoms with Gasteiger partial charge in [0.2, 0.25) is 0 Å². The Kier molecular flexibility index (Phi) is 4.90. The zero-order valence-electron chi connectivity index (χ0n) is 12.8. The lowest BCUT2D eigenvalue weighted by Crippen LogP contribution is -2.17. The lowest BCUT2D eigenvalue weighted by Gasteiger charge is -2.14. The van der Waals surface area contributed by atoms with E-state index in [-0.39, 0.29) is 6.04 Å². The number of nitrogens with one attached hydrogen (secondary N) is 1. The minimum Gasteiger partial charge on any atom is -0.312 e. The topological polar surface area (TPSA) is 42.7 Å². The first-order valence-corrected chi connectivity index (χ1v) is 7.46. The highest BCUT2D eigenvalue weighted by atomic mass is 15.4. The third-order valence-electron chi connectivity index (χ3n) is 3.82. The van der Waals surface area contributed by atoms with Gasteiger partial charge in [-0.1, -0.05) is 44.2 Å². The molecule has 4 nitrogen and oxygen atoms in total. The summed E-state index contributed by atoms with van der Waals surface area (Å²) in [7, 11) is 1.98. The first-order valence-electron chi connectivity index (χ1n) is 7.46. The molecule has 1 aromatic carbocycles. The number of hydrogen-bond donors (Lipinski definition) is 1. The molecule has 2 rings (SSSR count). The molecule has 2 aromatic rings. The molecule has 20 heavy (non-hydrogen) atoms. The minimum atomic E-state index is 0.271. The highest BCUT2D eigenvalue weighted by Crippen LogP contribution is 2.23. The molecule has 0 aliphatic heterocycles. The highest BCUT2D eigenvalue weighted by molar-refractivity contribution is 5.42. The third kappa shape index (κ3) is 2.61. The van der Waals surface area contributed by atoms with E-state index in [1.807, 2.05) is 11.7 Å². The van der Waals surface area contributed by atoms with Crippen LogP contribution in [-0.4, -0.2) is 22.0 Å². The molecular weight excluding hydrogens is 248 g/mol. The summed E-state index contributed by atoms with van der Waals surface area (Å²) in [6, 6.07) is 8.69. The second kappa shape index (κ2) is 6.66. The summed E-state index contributed by atoms with van der Waals surface area (Å²) in [4.78, 5) is 0. The molecule has 108 valence electrons. The van der Waals surface area contributed by atoms with Gasteiger partial charge in [0.1, 0.15) is 5.69 Å². The van der Waals surface area contributed by atoms with Gasteiger partial charge in [-0.3, -0.25) is 0 Å². The second-order valence-electron chi connectivity index (χ2n) is 4.92. The molecule has 0 fully saturated rings. The smallest absolute Gasteiger partial charge is 0.103 e. The van der Waals surface area contributed by atoms with Gasteiger partial charge in [-0.05, 0) is 37.9 Å². The van der Waals surface area contributed by atoms with Crippen LogP contribution in [0.1, 0.15) is 50.2 Å². The summed E-state index contributed by atoms with van der Waals surface area (Å²) >= 11 is 0. The van der Waals surface area contributed by atoms with E-state index in [1.54, 1.807) is 0 Å². The number of para-hydroxylation sites is 1. The van der Waals surface area contributed by atoms with E-state index >= 15 is 0 Å². The fraction of sp³-hybridized carbons (Fsp3) is 0.500. The van der Waals surface area contributed by atoms with Crippen LogP contribution in [0, 0.1) is 0 Å². The van der Waals surface area contributed by atoms with Crippen molar-refractivity contribution in [2.24, 2.45) is 0 Å². The Balaban J connectivity index is 2.53. The zero-order valence-corrected chi connectivity index (χ0v) is 12.8. The quantitative estimate of drug-likeness (QED) is 0.879. The SMILES string of the molecule is CCc1ccccc1-n1nnc(C(CC)NC)c1CC. The van der Waals surface area contributed by atoms with Gasteiger partial charge in [0.15, 0.2) is 0 Å². The summed E-state index contributed by atoms with van der Waals surface area (Å²) < 4.78 is 2.01. The monoisotopic (exact) mass is 272 g/mol. The van der Waals surface area contributed by atoms with Gasteiger partial charge < -0.3 is 5.32 Å². The van der Waals surface area contributed by atoms with Crippen LogP contribution in [0.15, 0.2) is 24.3 Å². The molecule has 0 saturated carbocycles. The van der Waals surface area contributed by atoms with E-state index < -0.39 is 0 Å². The van der Waals surface area contributed by atoms with E-state index in [0.717, 1.165) is 30.6 Å². The Morgan fingerprint density at radius 1 is 1.15 bits per heavy atom. The molecule has 0 saturated heterocycles. The van der Waals surface area contributed by atoms with Crippen LogP contribution in [0.5, 0.6) is 0 Å². The number of aromatic nitrogens is 3. The Labute approximate surface area is 121 Å². The average molecular weight is 272 g/mol. The van der Waals surface area contributed by atoms with E-state index in [9.17, 15) is 0 Å². The van der Waals surface area contributed by atoms with Gasteiger partial charge in [0, 0.05) is 0 Å². The molecule has 0 spiro atoms. The van der Waals surface area contributed by atoms with Crippen LogP contribution in [0.2, 0.25) is 0 Å². The fourth-order valence-electron chi connectivity index (χ4n) is 2.66. The lowest BCUT2D eigenvalue weighted by molar-refractivity contribution is 0.555. The molecular formula is C16H24N4. The number of hydrogen-bond acceptors (Lipinski definition) is 3. The Morgan fingerprint density at radius 2 is 1.90 bits per heavy atom. The van der Waals surface area contributed by atoms with Crippen molar-refractivity contribution in [3.63, 3.8) is 0 Å². The summed E-state index contributed by atoms with van der Waals surface area (Å²) in [5, 5.41) is 12.2. The Bertz CT molecular complexity index is 555. The van der Waals surface area contributed by atoms with Gasteiger partial charge in [0.25, 0.3) is 0 Å². The van der Waals surface area contributed by atoms with Crippen molar-refractivity contribution in [3.8, 4) is 5.69 Å². The molecule has 1 atom stereocenters. The standard InChI is InChI=1S/C16H24N4/c1-5-12-10-8-9-11-15(12)20-14(7-3)16(18-19-20)13(6-2)17-4/h8-11,13,17H,5-7H2,1-4H3. The molecule has 0 amide bonds. The van der Waals surface area contributed by atoms with E-state index in [4.69, 9.17) is 0 Å². The third-order valence-corrected chi connectivity index (χ3v) is 3.82. The maximum absolute atomic E-state index is 4.43. The van der Waals surface area contributed by atoms with Crippen molar-refractivity contribution in [3.05, 3.63) is 41.2 Å². The normalized spacial score (nSPS) is 12.6.